The molecule has 0 saturated heterocycles. The lowest BCUT2D eigenvalue weighted by molar-refractivity contribution is 0.502. The zero-order chi connectivity index (χ0) is 14.6. The number of hydrogen-bond acceptors (Lipinski definition) is 2. The van der Waals surface area contributed by atoms with Crippen LogP contribution < -0.4 is 5.32 Å². The predicted octanol–water partition coefficient (Wildman–Crippen LogP) is 3.46. The summed E-state index contributed by atoms with van der Waals surface area (Å²) in [6.45, 7) is 22.7. The number of rotatable bonds is 7. The first-order valence-corrected chi connectivity index (χ1v) is 15.5. The second-order valence-electron chi connectivity index (χ2n) is 7.84. The van der Waals surface area contributed by atoms with Crippen LogP contribution in [0.4, 0.5) is 0 Å². The lowest BCUT2D eigenvalue weighted by Crippen LogP contribution is -2.49. The van der Waals surface area contributed by atoms with E-state index in [1.54, 1.807) is 0 Å². The summed E-state index contributed by atoms with van der Waals surface area (Å²) in [4.78, 5) is 0. The van der Waals surface area contributed by atoms with Gasteiger partial charge in [0, 0.05) is 6.17 Å². The second-order valence-corrected chi connectivity index (χ2v) is 20.7. The fourth-order valence-corrected chi connectivity index (χ4v) is 8.26. The van der Waals surface area contributed by atoms with E-state index in [1.807, 2.05) is 0 Å². The Morgan fingerprint density at radius 2 is 1.67 bits per heavy atom. The molecule has 5 heteroatoms. The zero-order valence-corrected chi connectivity index (χ0v) is 16.8. The van der Waals surface area contributed by atoms with Crippen LogP contribution in [0.15, 0.2) is 12.3 Å². The molecule has 1 unspecified atom stereocenters. The first-order valence-electron chi connectivity index (χ1n) is 6.90. The molecule has 0 radical (unpaired) electrons. The van der Waals surface area contributed by atoms with Crippen molar-refractivity contribution in [2.24, 2.45) is 0 Å². The van der Waals surface area contributed by atoms with E-state index in [4.69, 9.17) is 4.12 Å². The summed E-state index contributed by atoms with van der Waals surface area (Å²) in [5.74, 6) is 0. The van der Waals surface area contributed by atoms with Gasteiger partial charge < -0.3 is 9.43 Å². The molecular weight excluding hydrogens is 270 g/mol. The summed E-state index contributed by atoms with van der Waals surface area (Å²) in [6, 6.07) is 0. The average Bonchev–Trinajstić information content (AvgIpc) is 2.12. The summed E-state index contributed by atoms with van der Waals surface area (Å²) in [5, 5.41) is 3.89. The maximum atomic E-state index is 6.48. The SMILES string of the molecule is C=C[SiH](CNC[Si](C)(C)C)O[Si](C)(C)C(C)(C)C. The second kappa shape index (κ2) is 6.65. The molecule has 18 heavy (non-hydrogen) atoms. The Balaban J connectivity index is 4.33. The minimum Gasteiger partial charge on any atom is -0.453 e. The smallest absolute Gasteiger partial charge is 0.201 e. The topological polar surface area (TPSA) is 21.3 Å². The predicted molar refractivity (Wildman–Crippen MR) is 91.8 cm³/mol. The molecule has 1 atom stereocenters. The van der Waals surface area contributed by atoms with Crippen LogP contribution in [-0.4, -0.2) is 37.8 Å². The van der Waals surface area contributed by atoms with Gasteiger partial charge in [0.15, 0.2) is 8.32 Å². The van der Waals surface area contributed by atoms with Crippen molar-refractivity contribution in [3.8, 4) is 0 Å². The molecule has 0 fully saturated rings. The van der Waals surface area contributed by atoms with E-state index in [-0.39, 0.29) is 0 Å². The van der Waals surface area contributed by atoms with Crippen LogP contribution in [0.5, 0.6) is 0 Å². The van der Waals surface area contributed by atoms with Crippen LogP contribution in [0, 0.1) is 0 Å². The van der Waals surface area contributed by atoms with Crippen molar-refractivity contribution in [3.63, 3.8) is 0 Å². The lowest BCUT2D eigenvalue weighted by Gasteiger charge is -2.39. The summed E-state index contributed by atoms with van der Waals surface area (Å²) < 4.78 is 6.48. The minimum absolute atomic E-state index is 0.292. The first kappa shape index (κ1) is 18.3. The fraction of sp³-hybridized carbons (Fsp3) is 0.846. The Hall–Kier alpha value is 0.311. The first-order chi connectivity index (χ1) is 7.89. The molecule has 0 aliphatic carbocycles. The molecule has 0 amide bonds. The van der Waals surface area contributed by atoms with Crippen molar-refractivity contribution in [2.75, 3.05) is 12.3 Å². The van der Waals surface area contributed by atoms with Gasteiger partial charge in [-0.25, -0.2) is 0 Å². The van der Waals surface area contributed by atoms with Gasteiger partial charge in [-0.3, -0.25) is 0 Å². The third kappa shape index (κ3) is 7.04. The Bertz CT molecular complexity index is 266. The van der Waals surface area contributed by atoms with E-state index < -0.39 is 25.4 Å². The summed E-state index contributed by atoms with van der Waals surface area (Å²) in [6.07, 6.45) is 2.20. The van der Waals surface area contributed by atoms with Crippen molar-refractivity contribution >= 4 is 25.4 Å². The van der Waals surface area contributed by atoms with Crippen LogP contribution in [0.3, 0.4) is 0 Å². The minimum atomic E-state index is -1.62. The van der Waals surface area contributed by atoms with Gasteiger partial charge in [0.05, 0.1) is 8.07 Å². The van der Waals surface area contributed by atoms with Crippen molar-refractivity contribution < 1.29 is 4.12 Å². The molecule has 108 valence electrons. The summed E-state index contributed by atoms with van der Waals surface area (Å²) in [5.41, 5.74) is 2.08. The van der Waals surface area contributed by atoms with E-state index in [0.29, 0.717) is 5.04 Å². The van der Waals surface area contributed by atoms with E-state index in [0.717, 1.165) is 6.17 Å². The highest BCUT2D eigenvalue weighted by Crippen LogP contribution is 2.36. The maximum Gasteiger partial charge on any atom is 0.201 e. The highest BCUT2D eigenvalue weighted by Gasteiger charge is 2.38. The quantitative estimate of drug-likeness (QED) is 0.727. The van der Waals surface area contributed by atoms with Crippen molar-refractivity contribution in [1.82, 2.24) is 5.32 Å². The van der Waals surface area contributed by atoms with E-state index >= 15 is 0 Å². The average molecular weight is 304 g/mol. The van der Waals surface area contributed by atoms with Gasteiger partial charge >= 0.3 is 0 Å². The highest BCUT2D eigenvalue weighted by atomic mass is 28.4. The third-order valence-electron chi connectivity index (χ3n) is 3.52. The van der Waals surface area contributed by atoms with Gasteiger partial charge in [0.2, 0.25) is 9.04 Å². The van der Waals surface area contributed by atoms with Gasteiger partial charge in [0.1, 0.15) is 0 Å². The van der Waals surface area contributed by atoms with Crippen LogP contribution in [0.1, 0.15) is 20.8 Å². The van der Waals surface area contributed by atoms with Crippen molar-refractivity contribution in [2.45, 2.75) is 58.5 Å². The largest absolute Gasteiger partial charge is 0.453 e. The standard InChI is InChI=1S/C13H33NOSi3/c1-10-16(11-14-12-17(5,6)7)15-18(8,9)13(2,3)4/h10,14,16H,1,11-12H2,2-9H3. The summed E-state index contributed by atoms with van der Waals surface area (Å²) >= 11 is 0. The molecule has 0 spiro atoms. The van der Waals surface area contributed by atoms with Crippen LogP contribution >= 0.6 is 0 Å². The zero-order valence-electron chi connectivity index (χ0n) is 13.7. The molecule has 1 N–H and O–H groups in total. The molecule has 0 heterocycles. The van der Waals surface area contributed by atoms with Crippen LogP contribution in [0.2, 0.25) is 37.8 Å². The third-order valence-corrected chi connectivity index (χ3v) is 13.2. The van der Waals surface area contributed by atoms with Gasteiger partial charge in [-0.2, -0.15) is 0 Å². The van der Waals surface area contributed by atoms with Crippen molar-refractivity contribution in [3.05, 3.63) is 12.3 Å². The number of hydrogen-bond donors (Lipinski definition) is 1. The molecule has 0 bridgehead atoms. The Labute approximate surface area is 118 Å². The number of nitrogens with one attached hydrogen (secondary N) is 1. The Kier molecular flexibility index (Phi) is 6.77. The van der Waals surface area contributed by atoms with Gasteiger partial charge in [-0.1, -0.05) is 46.1 Å². The fourth-order valence-electron chi connectivity index (χ4n) is 1.32. The Morgan fingerprint density at radius 1 is 1.17 bits per heavy atom. The molecular formula is C13H33NOSi3. The van der Waals surface area contributed by atoms with E-state index in [9.17, 15) is 0 Å². The lowest BCUT2D eigenvalue weighted by atomic mass is 10.2. The van der Waals surface area contributed by atoms with Gasteiger partial charge in [-0.15, -0.1) is 6.58 Å². The van der Waals surface area contributed by atoms with Crippen molar-refractivity contribution in [1.29, 1.82) is 0 Å². The maximum absolute atomic E-state index is 6.48. The molecule has 2 nitrogen and oxygen atoms in total. The molecule has 0 aliphatic rings. The molecule has 0 saturated carbocycles. The van der Waals surface area contributed by atoms with E-state index in [1.165, 1.54) is 6.17 Å². The van der Waals surface area contributed by atoms with Crippen LogP contribution in [0.25, 0.3) is 0 Å². The normalized spacial score (nSPS) is 15.6. The Morgan fingerprint density at radius 3 is 2.00 bits per heavy atom. The van der Waals surface area contributed by atoms with Gasteiger partial charge in [-0.05, 0) is 24.3 Å². The summed E-state index contributed by atoms with van der Waals surface area (Å²) in [7, 11) is -3.91. The molecule has 0 aromatic heterocycles. The highest BCUT2D eigenvalue weighted by molar-refractivity contribution is 6.81. The molecule has 0 aromatic rings. The van der Waals surface area contributed by atoms with Crippen LogP contribution in [-0.2, 0) is 4.12 Å². The molecule has 0 rings (SSSR count). The molecule has 0 aromatic carbocycles. The van der Waals surface area contributed by atoms with E-state index in [2.05, 4.69) is 71.1 Å². The van der Waals surface area contributed by atoms with Gasteiger partial charge in [0.25, 0.3) is 0 Å². The molecule has 0 aliphatic heterocycles. The monoisotopic (exact) mass is 303 g/mol.